The van der Waals surface area contributed by atoms with Gasteiger partial charge in [-0.15, -0.1) is 0 Å². The molecule has 35 heavy (non-hydrogen) atoms. The minimum Gasteiger partial charge on any atom is -0.507 e. The second-order valence-electron chi connectivity index (χ2n) is 7.44. The van der Waals surface area contributed by atoms with E-state index in [2.05, 4.69) is 10.2 Å². The number of halogens is 3. The SMILES string of the molecule is CN(Cc1c(F)cccc1Cl)S(=O)(=O)c1cc(-c2n[nH]c(=O)n2-c2ccccc2F)c(O)cc1O. The lowest BCUT2D eigenvalue weighted by Crippen LogP contribution is -2.27. The third-order valence-corrected chi connectivity index (χ3v) is 7.40. The van der Waals surface area contributed by atoms with E-state index in [1.165, 1.54) is 30.3 Å². The van der Waals surface area contributed by atoms with Crippen LogP contribution in [0, 0.1) is 11.6 Å². The maximum Gasteiger partial charge on any atom is 0.348 e. The summed E-state index contributed by atoms with van der Waals surface area (Å²) in [5.74, 6) is -3.25. The molecule has 182 valence electrons. The third kappa shape index (κ3) is 4.38. The molecule has 0 unspecified atom stereocenters. The van der Waals surface area contributed by atoms with E-state index in [0.717, 1.165) is 40.2 Å². The highest BCUT2D eigenvalue weighted by atomic mass is 35.5. The Kier molecular flexibility index (Phi) is 6.36. The summed E-state index contributed by atoms with van der Waals surface area (Å²) in [5.41, 5.74) is -1.43. The Morgan fingerprint density at radius 1 is 1.06 bits per heavy atom. The molecule has 0 atom stereocenters. The maximum absolute atomic E-state index is 14.4. The molecule has 0 saturated carbocycles. The van der Waals surface area contributed by atoms with Gasteiger partial charge in [0, 0.05) is 30.2 Å². The average molecular weight is 523 g/mol. The molecule has 0 amide bonds. The van der Waals surface area contributed by atoms with Gasteiger partial charge in [-0.3, -0.25) is 0 Å². The highest BCUT2D eigenvalue weighted by Gasteiger charge is 2.29. The monoisotopic (exact) mass is 522 g/mol. The molecule has 3 aromatic carbocycles. The summed E-state index contributed by atoms with van der Waals surface area (Å²) in [6, 6.07) is 10.8. The molecule has 0 bridgehead atoms. The van der Waals surface area contributed by atoms with Crippen molar-refractivity contribution < 1.29 is 27.4 Å². The number of rotatable bonds is 6. The predicted molar refractivity (Wildman–Crippen MR) is 123 cm³/mol. The zero-order chi connectivity index (χ0) is 25.5. The Balaban J connectivity index is 1.83. The highest BCUT2D eigenvalue weighted by molar-refractivity contribution is 7.89. The van der Waals surface area contributed by atoms with Crippen LogP contribution in [0.25, 0.3) is 17.1 Å². The molecule has 1 aromatic heterocycles. The van der Waals surface area contributed by atoms with Crippen molar-refractivity contribution in [3.63, 3.8) is 0 Å². The van der Waals surface area contributed by atoms with Crippen molar-refractivity contribution in [3.8, 4) is 28.6 Å². The number of aromatic nitrogens is 3. The Labute approximate surface area is 202 Å². The van der Waals surface area contributed by atoms with Crippen LogP contribution in [0.1, 0.15) is 5.56 Å². The van der Waals surface area contributed by atoms with Crippen LogP contribution in [0.5, 0.6) is 11.5 Å². The van der Waals surface area contributed by atoms with Crippen LogP contribution in [0.15, 0.2) is 64.3 Å². The number of hydrogen-bond donors (Lipinski definition) is 3. The van der Waals surface area contributed by atoms with Crippen molar-refractivity contribution in [2.75, 3.05) is 7.05 Å². The van der Waals surface area contributed by atoms with Crippen molar-refractivity contribution in [1.29, 1.82) is 0 Å². The Bertz CT molecular complexity index is 1580. The lowest BCUT2D eigenvalue weighted by Gasteiger charge is -2.20. The maximum atomic E-state index is 14.4. The zero-order valence-corrected chi connectivity index (χ0v) is 19.5. The predicted octanol–water partition coefficient (Wildman–Crippen LogP) is 3.39. The number of para-hydroxylation sites is 1. The minimum absolute atomic E-state index is 0.00749. The first-order chi connectivity index (χ1) is 16.5. The number of H-pyrrole nitrogens is 1. The van der Waals surface area contributed by atoms with E-state index in [-0.39, 0.29) is 27.7 Å². The average Bonchev–Trinajstić information content (AvgIpc) is 3.17. The van der Waals surface area contributed by atoms with E-state index in [9.17, 15) is 32.2 Å². The molecule has 0 saturated heterocycles. The van der Waals surface area contributed by atoms with Gasteiger partial charge >= 0.3 is 5.69 Å². The van der Waals surface area contributed by atoms with Crippen LogP contribution in [0.4, 0.5) is 8.78 Å². The van der Waals surface area contributed by atoms with Gasteiger partial charge in [-0.25, -0.2) is 31.7 Å². The summed E-state index contributed by atoms with van der Waals surface area (Å²) < 4.78 is 56.6. The first-order valence-corrected chi connectivity index (χ1v) is 11.7. The number of aromatic amines is 1. The topological polar surface area (TPSA) is 129 Å². The fraction of sp³-hybridized carbons (Fsp3) is 0.0909. The van der Waals surface area contributed by atoms with Gasteiger partial charge in [-0.1, -0.05) is 29.8 Å². The van der Waals surface area contributed by atoms with Gasteiger partial charge in [0.25, 0.3) is 0 Å². The van der Waals surface area contributed by atoms with Crippen LogP contribution < -0.4 is 5.69 Å². The number of aromatic hydroxyl groups is 2. The fourth-order valence-corrected chi connectivity index (χ4v) is 4.88. The first-order valence-electron chi connectivity index (χ1n) is 9.90. The molecule has 0 fully saturated rings. The summed E-state index contributed by atoms with van der Waals surface area (Å²) in [6.45, 7) is -0.466. The first kappa shape index (κ1) is 24.4. The molecule has 0 spiro atoms. The lowest BCUT2D eigenvalue weighted by atomic mass is 10.1. The van der Waals surface area contributed by atoms with E-state index in [1.807, 2.05) is 0 Å². The molecule has 9 nitrogen and oxygen atoms in total. The Morgan fingerprint density at radius 2 is 1.74 bits per heavy atom. The van der Waals surface area contributed by atoms with Gasteiger partial charge in [-0.2, -0.15) is 9.40 Å². The molecule has 4 aromatic rings. The van der Waals surface area contributed by atoms with Crippen LogP contribution in [0.3, 0.4) is 0 Å². The minimum atomic E-state index is -4.48. The Hall–Kier alpha value is -3.74. The van der Waals surface area contributed by atoms with Crippen molar-refractivity contribution in [1.82, 2.24) is 19.1 Å². The van der Waals surface area contributed by atoms with Crippen LogP contribution >= 0.6 is 11.6 Å². The van der Waals surface area contributed by atoms with Crippen LogP contribution in [0.2, 0.25) is 5.02 Å². The fourth-order valence-electron chi connectivity index (χ4n) is 3.44. The van der Waals surface area contributed by atoms with Crippen molar-refractivity contribution in [3.05, 3.63) is 87.3 Å². The van der Waals surface area contributed by atoms with Crippen molar-refractivity contribution >= 4 is 21.6 Å². The molecule has 0 aliphatic carbocycles. The van der Waals surface area contributed by atoms with Crippen LogP contribution in [-0.4, -0.2) is 44.7 Å². The third-order valence-electron chi connectivity index (χ3n) is 5.21. The summed E-state index contributed by atoms with van der Waals surface area (Å²) in [6.07, 6.45) is 0. The summed E-state index contributed by atoms with van der Waals surface area (Å²) in [7, 11) is -3.33. The smallest absolute Gasteiger partial charge is 0.348 e. The van der Waals surface area contributed by atoms with E-state index in [0.29, 0.717) is 0 Å². The highest BCUT2D eigenvalue weighted by Crippen LogP contribution is 2.38. The van der Waals surface area contributed by atoms with Gasteiger partial charge in [0.1, 0.15) is 28.0 Å². The zero-order valence-electron chi connectivity index (χ0n) is 17.9. The molecule has 3 N–H and O–H groups in total. The van der Waals surface area contributed by atoms with Gasteiger partial charge in [0.2, 0.25) is 10.0 Å². The van der Waals surface area contributed by atoms with Gasteiger partial charge in [0.05, 0.1) is 11.3 Å². The standard InChI is InChI=1S/C22H17ClF2N4O5S/c1-28(11-13-14(23)5-4-7-15(13)24)35(33,34)20-9-12(18(30)10-19(20)31)21-26-27-22(32)29(21)17-8-3-2-6-16(17)25/h2-10,30-31H,11H2,1H3,(H,27,32). The number of phenolic OH excluding ortho intramolecular Hbond substituents is 2. The molecule has 4 rings (SSSR count). The molecule has 0 aliphatic heterocycles. The number of nitrogens with zero attached hydrogens (tertiary/aromatic N) is 3. The number of hydrogen-bond acceptors (Lipinski definition) is 6. The molecular formula is C22H17ClF2N4O5S. The summed E-state index contributed by atoms with van der Waals surface area (Å²) in [5, 5.41) is 26.7. The number of nitrogens with one attached hydrogen (secondary N) is 1. The molecule has 1 heterocycles. The van der Waals surface area contributed by atoms with Gasteiger partial charge in [-0.05, 0) is 30.3 Å². The van der Waals surface area contributed by atoms with Gasteiger partial charge in [0.15, 0.2) is 5.82 Å². The molecule has 13 heteroatoms. The van der Waals surface area contributed by atoms with Crippen molar-refractivity contribution in [2.24, 2.45) is 0 Å². The molecular weight excluding hydrogens is 506 g/mol. The van der Waals surface area contributed by atoms with Crippen molar-refractivity contribution in [2.45, 2.75) is 11.4 Å². The van der Waals surface area contributed by atoms with Crippen LogP contribution in [-0.2, 0) is 16.6 Å². The molecule has 0 radical (unpaired) electrons. The summed E-state index contributed by atoms with van der Waals surface area (Å²) >= 11 is 6.00. The molecule has 0 aliphatic rings. The van der Waals surface area contributed by atoms with E-state index >= 15 is 0 Å². The number of benzene rings is 3. The Morgan fingerprint density at radius 3 is 2.43 bits per heavy atom. The summed E-state index contributed by atoms with van der Waals surface area (Å²) in [4.78, 5) is 11.7. The lowest BCUT2D eigenvalue weighted by molar-refractivity contribution is 0.427. The van der Waals surface area contributed by atoms with E-state index in [1.54, 1.807) is 0 Å². The van der Waals surface area contributed by atoms with Gasteiger partial charge < -0.3 is 10.2 Å². The largest absolute Gasteiger partial charge is 0.507 e. The quantitative estimate of drug-likeness (QED) is 0.356. The van der Waals surface area contributed by atoms with E-state index in [4.69, 9.17) is 11.6 Å². The van der Waals surface area contributed by atoms with E-state index < -0.39 is 50.3 Å². The number of sulfonamides is 1. The number of phenols is 2. The second-order valence-corrected chi connectivity index (χ2v) is 9.86. The second kappa shape index (κ2) is 9.13. The normalized spacial score (nSPS) is 11.8.